The smallest absolute Gasteiger partial charge is 0 e. The molecule has 0 amide bonds. The van der Waals surface area contributed by atoms with Crippen LogP contribution in [-0.4, -0.2) is 81.0 Å². The summed E-state index contributed by atoms with van der Waals surface area (Å²) in [5.74, 6) is 0. The molecule has 7 heavy (non-hydrogen) atoms. The van der Waals surface area contributed by atoms with Crippen LogP contribution >= 0.6 is 0 Å². The first-order chi connectivity index (χ1) is 0. The van der Waals surface area contributed by atoms with E-state index >= 15 is 0 Å². The summed E-state index contributed by atoms with van der Waals surface area (Å²) in [4.78, 5) is 0. The quantitative estimate of drug-likeness (QED) is 0.331. The molecule has 0 heterocycles. The second-order valence-electron chi connectivity index (χ2n) is 0. The SMILES string of the molecule is O.O.O.O.[Fe].[Na].[Na]. The van der Waals surface area contributed by atoms with E-state index in [1.54, 1.807) is 0 Å². The fourth-order valence-electron chi connectivity index (χ4n) is 0. The van der Waals surface area contributed by atoms with Crippen LogP contribution in [0.25, 0.3) is 0 Å². The van der Waals surface area contributed by atoms with Crippen LogP contribution in [-0.2, 0) is 17.1 Å². The van der Waals surface area contributed by atoms with E-state index in [-0.39, 0.29) is 98.1 Å². The summed E-state index contributed by atoms with van der Waals surface area (Å²) < 4.78 is 0. The Kier molecular flexibility index (Phi) is 1360. The molecule has 0 aliphatic heterocycles. The average molecular weight is 174 g/mol. The second-order valence-corrected chi connectivity index (χ2v) is 0. The van der Waals surface area contributed by atoms with Gasteiger partial charge in [0.15, 0.2) is 0 Å². The molecule has 0 aliphatic carbocycles. The van der Waals surface area contributed by atoms with E-state index in [4.69, 9.17) is 0 Å². The summed E-state index contributed by atoms with van der Waals surface area (Å²) in [5.41, 5.74) is 0. The van der Waals surface area contributed by atoms with Crippen LogP contribution in [0.15, 0.2) is 0 Å². The van der Waals surface area contributed by atoms with Crippen molar-refractivity contribution in [3.8, 4) is 0 Å². The molecule has 0 aliphatic rings. The first-order valence-electron chi connectivity index (χ1n) is 0. The van der Waals surface area contributed by atoms with Crippen molar-refractivity contribution in [2.24, 2.45) is 0 Å². The molecule has 8 N–H and O–H groups in total. The monoisotopic (exact) mass is 174 g/mol. The van der Waals surface area contributed by atoms with E-state index in [2.05, 4.69) is 0 Å². The van der Waals surface area contributed by atoms with Gasteiger partial charge >= 0.3 is 0 Å². The molecule has 4 nitrogen and oxygen atoms in total. The number of rotatable bonds is 0. The molecule has 0 saturated heterocycles. The van der Waals surface area contributed by atoms with Crippen molar-refractivity contribution >= 4 is 59.1 Å². The van der Waals surface area contributed by atoms with Gasteiger partial charge in [0.05, 0.1) is 0 Å². The Morgan fingerprint density at radius 1 is 0.429 bits per heavy atom. The van der Waals surface area contributed by atoms with Gasteiger partial charge in [-0.2, -0.15) is 0 Å². The molecule has 7 heteroatoms. The Morgan fingerprint density at radius 2 is 0.429 bits per heavy atom. The van der Waals surface area contributed by atoms with Gasteiger partial charge < -0.3 is 21.9 Å². The van der Waals surface area contributed by atoms with Gasteiger partial charge in [-0.05, 0) is 0 Å². The maximum atomic E-state index is 0. The molecule has 0 aromatic rings. The van der Waals surface area contributed by atoms with Crippen LogP contribution in [0.2, 0.25) is 0 Å². The van der Waals surface area contributed by atoms with Crippen molar-refractivity contribution in [3.63, 3.8) is 0 Å². The zero-order chi connectivity index (χ0) is 0. The van der Waals surface area contributed by atoms with Gasteiger partial charge in [-0.1, -0.05) is 0 Å². The zero-order valence-electron chi connectivity index (χ0n) is 4.35. The van der Waals surface area contributed by atoms with Crippen molar-refractivity contribution in [2.75, 3.05) is 0 Å². The third kappa shape index (κ3) is 60.7. The molecule has 0 bridgehead atoms. The molecule has 0 spiro atoms. The summed E-state index contributed by atoms with van der Waals surface area (Å²) >= 11 is 0. The first kappa shape index (κ1) is 117. The maximum absolute atomic E-state index is 0. The van der Waals surface area contributed by atoms with E-state index in [9.17, 15) is 0 Å². The van der Waals surface area contributed by atoms with Crippen molar-refractivity contribution in [2.45, 2.75) is 0 Å². The molecule has 42 valence electrons. The summed E-state index contributed by atoms with van der Waals surface area (Å²) in [6, 6.07) is 0. The van der Waals surface area contributed by atoms with Gasteiger partial charge in [-0.15, -0.1) is 0 Å². The Hall–Kier alpha value is 2.36. The number of hydrogen-bond donors (Lipinski definition) is 0. The van der Waals surface area contributed by atoms with Crippen LogP contribution in [0.4, 0.5) is 0 Å². The molecular weight excluding hydrogens is 166 g/mol. The standard InChI is InChI=1S/Fe.2Na.4H2O/h;;;4*1H2. The predicted molar refractivity (Wildman–Crippen MR) is 26.0 cm³/mol. The van der Waals surface area contributed by atoms with E-state index in [0.717, 1.165) is 0 Å². The summed E-state index contributed by atoms with van der Waals surface area (Å²) in [5, 5.41) is 0. The van der Waals surface area contributed by atoms with E-state index in [1.807, 2.05) is 0 Å². The van der Waals surface area contributed by atoms with Crippen molar-refractivity contribution in [3.05, 3.63) is 0 Å². The van der Waals surface area contributed by atoms with Crippen LogP contribution in [0.1, 0.15) is 0 Å². The fourth-order valence-corrected chi connectivity index (χ4v) is 0. The van der Waals surface area contributed by atoms with Crippen molar-refractivity contribution in [1.29, 1.82) is 0 Å². The summed E-state index contributed by atoms with van der Waals surface area (Å²) in [7, 11) is 0. The summed E-state index contributed by atoms with van der Waals surface area (Å²) in [6.45, 7) is 0. The second kappa shape index (κ2) is 81.3. The minimum absolute atomic E-state index is 0. The summed E-state index contributed by atoms with van der Waals surface area (Å²) in [6.07, 6.45) is 0. The van der Waals surface area contributed by atoms with Gasteiger partial charge in [-0.3, -0.25) is 0 Å². The van der Waals surface area contributed by atoms with Crippen LogP contribution in [0.3, 0.4) is 0 Å². The molecule has 0 unspecified atom stereocenters. The van der Waals surface area contributed by atoms with Crippen LogP contribution in [0.5, 0.6) is 0 Å². The Morgan fingerprint density at radius 3 is 0.429 bits per heavy atom. The zero-order valence-corrected chi connectivity index (χ0v) is 9.46. The van der Waals surface area contributed by atoms with Crippen molar-refractivity contribution < 1.29 is 39.0 Å². The number of hydrogen-bond acceptors (Lipinski definition) is 0. The van der Waals surface area contributed by atoms with E-state index in [0.29, 0.717) is 0 Å². The third-order valence-electron chi connectivity index (χ3n) is 0. The van der Waals surface area contributed by atoms with Gasteiger partial charge in [0.1, 0.15) is 0 Å². The third-order valence-corrected chi connectivity index (χ3v) is 0. The first-order valence-corrected chi connectivity index (χ1v) is 0. The topological polar surface area (TPSA) is 126 Å². The molecule has 0 saturated carbocycles. The normalized spacial score (nSPS) is 0. The van der Waals surface area contributed by atoms with Gasteiger partial charge in [0, 0.05) is 76.2 Å². The minimum atomic E-state index is 0. The molecule has 0 fully saturated rings. The maximum Gasteiger partial charge on any atom is 0 e. The molecule has 0 aromatic heterocycles. The van der Waals surface area contributed by atoms with Crippen LogP contribution < -0.4 is 0 Å². The minimum Gasteiger partial charge on any atom is -0.412 e. The molecule has 2 radical (unpaired) electrons. The van der Waals surface area contributed by atoms with Crippen LogP contribution in [0, 0.1) is 0 Å². The Bertz CT molecular complexity index is 9.65. The van der Waals surface area contributed by atoms with Gasteiger partial charge in [0.25, 0.3) is 0 Å². The Labute approximate surface area is 96.7 Å². The van der Waals surface area contributed by atoms with Gasteiger partial charge in [0.2, 0.25) is 0 Å². The fraction of sp³-hybridized carbons (Fsp3) is 0. The molecule has 0 rings (SSSR count). The van der Waals surface area contributed by atoms with Crippen molar-refractivity contribution in [1.82, 2.24) is 0 Å². The van der Waals surface area contributed by atoms with E-state index < -0.39 is 0 Å². The molecular formula is H8FeNa2O4. The molecule has 0 atom stereocenters. The molecule has 0 aromatic carbocycles. The van der Waals surface area contributed by atoms with E-state index in [1.165, 1.54) is 0 Å². The predicted octanol–water partition coefficient (Wildman–Crippen LogP) is -4.06. The largest absolute Gasteiger partial charge is 0.412 e. The Balaban J connectivity index is 0. The van der Waals surface area contributed by atoms with Gasteiger partial charge in [-0.25, -0.2) is 0 Å². The average Bonchev–Trinajstić information content (AvgIpc) is 0.